The molecule has 3 nitrogen and oxygen atoms in total. The third kappa shape index (κ3) is 2.19. The molecule has 74 valence electrons. The van der Waals surface area contributed by atoms with Crippen molar-refractivity contribution >= 4 is 11.6 Å². The third-order valence-corrected chi connectivity index (χ3v) is 2.18. The van der Waals surface area contributed by atoms with Crippen molar-refractivity contribution in [1.82, 2.24) is 9.55 Å². The summed E-state index contributed by atoms with van der Waals surface area (Å²) in [7, 11) is 0. The van der Waals surface area contributed by atoms with Gasteiger partial charge < -0.3 is 10.3 Å². The highest BCUT2D eigenvalue weighted by Crippen LogP contribution is 2.26. The molecular formula is C8H13ClFN3. The van der Waals surface area contributed by atoms with Crippen molar-refractivity contribution in [3.63, 3.8) is 0 Å². The van der Waals surface area contributed by atoms with Gasteiger partial charge in [0.1, 0.15) is 6.17 Å². The minimum atomic E-state index is -1.11. The first-order valence-electron chi connectivity index (χ1n) is 4.25. The van der Waals surface area contributed by atoms with Crippen LogP contribution in [0.4, 0.5) is 4.39 Å². The van der Waals surface area contributed by atoms with Crippen LogP contribution in [0.3, 0.4) is 0 Å². The maximum atomic E-state index is 13.5. The van der Waals surface area contributed by atoms with Crippen LogP contribution in [0.15, 0.2) is 6.33 Å². The van der Waals surface area contributed by atoms with Gasteiger partial charge in [0, 0.05) is 6.54 Å². The molecule has 5 heteroatoms. The van der Waals surface area contributed by atoms with E-state index >= 15 is 0 Å². The predicted octanol–water partition coefficient (Wildman–Crippen LogP) is 1.92. The van der Waals surface area contributed by atoms with Crippen molar-refractivity contribution in [3.05, 3.63) is 17.2 Å². The topological polar surface area (TPSA) is 43.8 Å². The molecule has 0 saturated heterocycles. The molecule has 1 unspecified atom stereocenters. The van der Waals surface area contributed by atoms with Gasteiger partial charge in [-0.3, -0.25) is 0 Å². The summed E-state index contributed by atoms with van der Waals surface area (Å²) in [6.07, 6.45) is 0.714. The SMILES string of the molecule is CCn1cnc(Cl)c1C(F)CCN. The minimum Gasteiger partial charge on any atom is -0.331 e. The van der Waals surface area contributed by atoms with Crippen molar-refractivity contribution in [1.29, 1.82) is 0 Å². The predicted molar refractivity (Wildman–Crippen MR) is 50.4 cm³/mol. The molecule has 0 fully saturated rings. The fourth-order valence-electron chi connectivity index (χ4n) is 1.21. The number of rotatable bonds is 4. The molecule has 0 aliphatic rings. The van der Waals surface area contributed by atoms with E-state index in [1.54, 1.807) is 10.9 Å². The van der Waals surface area contributed by atoms with E-state index < -0.39 is 6.17 Å². The summed E-state index contributed by atoms with van der Waals surface area (Å²) in [6, 6.07) is 0. The molecule has 0 aliphatic heterocycles. The minimum absolute atomic E-state index is 0.239. The maximum absolute atomic E-state index is 13.5. The number of alkyl halides is 1. The highest BCUT2D eigenvalue weighted by atomic mass is 35.5. The van der Waals surface area contributed by atoms with E-state index in [4.69, 9.17) is 17.3 Å². The first-order chi connectivity index (χ1) is 6.20. The molecule has 1 heterocycles. The molecule has 13 heavy (non-hydrogen) atoms. The first-order valence-corrected chi connectivity index (χ1v) is 4.63. The van der Waals surface area contributed by atoms with Gasteiger partial charge in [-0.1, -0.05) is 11.6 Å². The standard InChI is InChI=1S/C8H13ClFN3/c1-2-13-5-12-8(9)7(13)6(10)3-4-11/h5-6H,2-4,11H2,1H3. The Bertz CT molecular complexity index is 274. The summed E-state index contributed by atoms with van der Waals surface area (Å²) in [6.45, 7) is 2.89. The highest BCUT2D eigenvalue weighted by Gasteiger charge is 2.18. The fourth-order valence-corrected chi connectivity index (χ4v) is 1.48. The Kier molecular flexibility index (Phi) is 3.69. The van der Waals surface area contributed by atoms with Gasteiger partial charge in [-0.15, -0.1) is 0 Å². The molecule has 1 rings (SSSR count). The zero-order valence-corrected chi connectivity index (χ0v) is 8.26. The average Bonchev–Trinajstić information content (AvgIpc) is 2.47. The summed E-state index contributed by atoms with van der Waals surface area (Å²) >= 11 is 5.74. The lowest BCUT2D eigenvalue weighted by atomic mass is 10.2. The Labute approximate surface area is 81.7 Å². The van der Waals surface area contributed by atoms with Gasteiger partial charge in [-0.25, -0.2) is 9.37 Å². The number of halogens is 2. The number of hydrogen-bond donors (Lipinski definition) is 1. The van der Waals surface area contributed by atoms with Crippen molar-refractivity contribution in [2.24, 2.45) is 5.73 Å². The van der Waals surface area contributed by atoms with Crippen LogP contribution < -0.4 is 5.73 Å². The lowest BCUT2D eigenvalue weighted by molar-refractivity contribution is 0.311. The average molecular weight is 206 g/mol. The van der Waals surface area contributed by atoms with Gasteiger partial charge in [0.05, 0.1) is 12.0 Å². The Balaban J connectivity index is 2.89. The molecular weight excluding hydrogens is 193 g/mol. The van der Waals surface area contributed by atoms with E-state index in [-0.39, 0.29) is 11.6 Å². The number of imidazole rings is 1. The Morgan fingerprint density at radius 1 is 1.77 bits per heavy atom. The first kappa shape index (κ1) is 10.5. The molecule has 0 aliphatic carbocycles. The summed E-state index contributed by atoms with van der Waals surface area (Å²) in [5.74, 6) is 0. The zero-order chi connectivity index (χ0) is 9.84. The Hall–Kier alpha value is -0.610. The normalized spacial score (nSPS) is 13.2. The third-order valence-electron chi connectivity index (χ3n) is 1.89. The van der Waals surface area contributed by atoms with Gasteiger partial charge in [-0.2, -0.15) is 0 Å². The van der Waals surface area contributed by atoms with E-state index in [1.165, 1.54) is 0 Å². The van der Waals surface area contributed by atoms with E-state index in [1.807, 2.05) is 6.92 Å². The van der Waals surface area contributed by atoms with Gasteiger partial charge in [0.2, 0.25) is 0 Å². The molecule has 0 spiro atoms. The zero-order valence-electron chi connectivity index (χ0n) is 7.50. The number of aryl methyl sites for hydroxylation is 1. The number of nitrogens with zero attached hydrogens (tertiary/aromatic N) is 2. The molecule has 1 aromatic heterocycles. The molecule has 0 radical (unpaired) electrons. The quantitative estimate of drug-likeness (QED) is 0.816. The van der Waals surface area contributed by atoms with Crippen molar-refractivity contribution < 1.29 is 4.39 Å². The summed E-state index contributed by atoms with van der Waals surface area (Å²) in [5.41, 5.74) is 5.70. The molecule has 1 atom stereocenters. The van der Waals surface area contributed by atoms with Crippen LogP contribution in [-0.2, 0) is 6.54 Å². The van der Waals surface area contributed by atoms with Crippen molar-refractivity contribution in [3.8, 4) is 0 Å². The summed E-state index contributed by atoms with van der Waals surface area (Å²) in [4.78, 5) is 3.84. The molecule has 1 aromatic rings. The van der Waals surface area contributed by atoms with Crippen molar-refractivity contribution in [2.45, 2.75) is 26.1 Å². The summed E-state index contributed by atoms with van der Waals surface area (Å²) < 4.78 is 15.1. The smallest absolute Gasteiger partial charge is 0.153 e. The van der Waals surface area contributed by atoms with Crippen LogP contribution in [0.5, 0.6) is 0 Å². The van der Waals surface area contributed by atoms with Crippen molar-refractivity contribution in [2.75, 3.05) is 6.54 Å². The monoisotopic (exact) mass is 205 g/mol. The van der Waals surface area contributed by atoms with E-state index in [0.717, 1.165) is 0 Å². The molecule has 0 aromatic carbocycles. The maximum Gasteiger partial charge on any atom is 0.153 e. The van der Waals surface area contributed by atoms with Crippen LogP contribution in [-0.4, -0.2) is 16.1 Å². The fraction of sp³-hybridized carbons (Fsp3) is 0.625. The Morgan fingerprint density at radius 2 is 2.46 bits per heavy atom. The van der Waals surface area contributed by atoms with Crippen LogP contribution >= 0.6 is 11.6 Å². The second kappa shape index (κ2) is 4.58. The van der Waals surface area contributed by atoms with Gasteiger partial charge in [0.25, 0.3) is 0 Å². The molecule has 0 bridgehead atoms. The lowest BCUT2D eigenvalue weighted by Crippen LogP contribution is -2.08. The van der Waals surface area contributed by atoms with Crippen LogP contribution in [0, 0.1) is 0 Å². The van der Waals surface area contributed by atoms with Gasteiger partial charge in [-0.05, 0) is 19.9 Å². The Morgan fingerprint density at radius 3 is 3.00 bits per heavy atom. The number of hydrogen-bond acceptors (Lipinski definition) is 2. The van der Waals surface area contributed by atoms with Crippen LogP contribution in [0.2, 0.25) is 5.15 Å². The van der Waals surface area contributed by atoms with Crippen LogP contribution in [0.1, 0.15) is 25.2 Å². The molecule has 0 saturated carbocycles. The van der Waals surface area contributed by atoms with E-state index in [0.29, 0.717) is 18.8 Å². The highest BCUT2D eigenvalue weighted by molar-refractivity contribution is 6.30. The number of nitrogens with two attached hydrogens (primary N) is 1. The molecule has 2 N–H and O–H groups in total. The van der Waals surface area contributed by atoms with E-state index in [2.05, 4.69) is 4.98 Å². The summed E-state index contributed by atoms with van der Waals surface area (Å²) in [5, 5.41) is 0.239. The van der Waals surface area contributed by atoms with Gasteiger partial charge in [0.15, 0.2) is 5.15 Å². The second-order valence-electron chi connectivity index (χ2n) is 2.75. The largest absolute Gasteiger partial charge is 0.331 e. The van der Waals surface area contributed by atoms with E-state index in [9.17, 15) is 4.39 Å². The molecule has 0 amide bonds. The van der Waals surface area contributed by atoms with Crippen LogP contribution in [0.25, 0.3) is 0 Å². The second-order valence-corrected chi connectivity index (χ2v) is 3.11. The number of aromatic nitrogens is 2. The lowest BCUT2D eigenvalue weighted by Gasteiger charge is -2.09. The van der Waals surface area contributed by atoms with Gasteiger partial charge >= 0.3 is 0 Å².